The third-order valence-corrected chi connectivity index (χ3v) is 4.22. The first kappa shape index (κ1) is 17.6. The van der Waals surface area contributed by atoms with E-state index in [1.165, 1.54) is 0 Å². The van der Waals surface area contributed by atoms with Gasteiger partial charge >= 0.3 is 0 Å². The molecule has 0 aliphatic heterocycles. The molecule has 1 N–H and O–H groups in total. The maximum absolute atomic E-state index is 13.0. The van der Waals surface area contributed by atoms with E-state index >= 15 is 0 Å². The molecule has 26 heavy (non-hydrogen) atoms. The molecule has 1 heterocycles. The number of anilines is 1. The minimum atomic E-state index is -0.623. The van der Waals surface area contributed by atoms with Crippen LogP contribution in [0.2, 0.25) is 0 Å². The predicted molar refractivity (Wildman–Crippen MR) is 97.1 cm³/mol. The number of tetrazole rings is 1. The number of carbonyl (C=O) groups excluding carboxylic acids is 1. The molecule has 0 bridgehead atoms. The normalized spacial score (nSPS) is 11.8. The van der Waals surface area contributed by atoms with Crippen LogP contribution in [0.15, 0.2) is 42.5 Å². The fraction of sp³-hybridized carbons (Fsp3) is 0.263. The summed E-state index contributed by atoms with van der Waals surface area (Å²) in [4.78, 5) is 13.0. The van der Waals surface area contributed by atoms with Crippen molar-refractivity contribution in [2.75, 3.05) is 12.4 Å². The molecular formula is C19H20N5O2-. The average Bonchev–Trinajstić information content (AvgIpc) is 3.16. The summed E-state index contributed by atoms with van der Waals surface area (Å²) in [7, 11) is 1.60. The minimum absolute atomic E-state index is 0.211. The maximum atomic E-state index is 13.0. The van der Waals surface area contributed by atoms with Crippen molar-refractivity contribution in [3.05, 3.63) is 65.0 Å². The molecule has 7 heteroatoms. The summed E-state index contributed by atoms with van der Waals surface area (Å²) in [5, 5.41) is 17.8. The number of ether oxygens (including phenoxy) is 1. The highest BCUT2D eigenvalue weighted by atomic mass is 16.5. The maximum Gasteiger partial charge on any atom is 0.232 e. The van der Waals surface area contributed by atoms with Gasteiger partial charge in [0.2, 0.25) is 5.91 Å². The van der Waals surface area contributed by atoms with Gasteiger partial charge in [-0.2, -0.15) is 5.21 Å². The van der Waals surface area contributed by atoms with Crippen LogP contribution in [-0.4, -0.2) is 28.5 Å². The molecule has 3 rings (SSSR count). The third-order valence-electron chi connectivity index (χ3n) is 4.22. The van der Waals surface area contributed by atoms with Crippen molar-refractivity contribution in [2.45, 2.75) is 26.2 Å². The van der Waals surface area contributed by atoms with Gasteiger partial charge in [0.05, 0.1) is 13.0 Å². The Morgan fingerprint density at radius 3 is 2.73 bits per heavy atom. The van der Waals surface area contributed by atoms with Crippen LogP contribution in [0.3, 0.4) is 0 Å². The number of aromatic nitrogens is 4. The predicted octanol–water partition coefficient (Wildman–Crippen LogP) is 2.42. The molecule has 7 nitrogen and oxygen atoms in total. The molecule has 0 fully saturated rings. The van der Waals surface area contributed by atoms with Crippen molar-refractivity contribution in [3.8, 4) is 5.75 Å². The van der Waals surface area contributed by atoms with Crippen LogP contribution >= 0.6 is 0 Å². The lowest BCUT2D eigenvalue weighted by molar-refractivity contribution is -0.117. The Morgan fingerprint density at radius 2 is 2.04 bits per heavy atom. The first-order valence-electron chi connectivity index (χ1n) is 8.27. The van der Waals surface area contributed by atoms with Crippen molar-refractivity contribution in [2.24, 2.45) is 0 Å². The zero-order valence-corrected chi connectivity index (χ0v) is 14.9. The zero-order valence-electron chi connectivity index (χ0n) is 14.9. The van der Waals surface area contributed by atoms with Crippen LogP contribution in [0.25, 0.3) is 0 Å². The van der Waals surface area contributed by atoms with Crippen LogP contribution in [0, 0.1) is 13.8 Å². The van der Waals surface area contributed by atoms with Crippen LogP contribution < -0.4 is 15.2 Å². The van der Waals surface area contributed by atoms with Gasteiger partial charge in [0, 0.05) is 11.5 Å². The summed E-state index contributed by atoms with van der Waals surface area (Å²) in [5.41, 5.74) is 3.78. The number of methoxy groups -OCH3 is 1. The Labute approximate surface area is 151 Å². The minimum Gasteiger partial charge on any atom is -0.496 e. The smallest absolute Gasteiger partial charge is 0.232 e. The fourth-order valence-electron chi connectivity index (χ4n) is 2.86. The van der Waals surface area contributed by atoms with E-state index < -0.39 is 5.92 Å². The van der Waals surface area contributed by atoms with Crippen LogP contribution in [-0.2, 0) is 11.2 Å². The third kappa shape index (κ3) is 3.88. The number of carbonyl (C=O) groups is 1. The van der Waals surface area contributed by atoms with Crippen LogP contribution in [0.1, 0.15) is 28.4 Å². The molecule has 0 aliphatic rings. The molecule has 0 radical (unpaired) electrons. The molecule has 0 saturated heterocycles. The number of rotatable bonds is 6. The summed E-state index contributed by atoms with van der Waals surface area (Å²) < 4.78 is 5.39. The number of benzene rings is 2. The Bertz CT molecular complexity index is 893. The van der Waals surface area contributed by atoms with E-state index in [2.05, 4.69) is 25.9 Å². The summed E-state index contributed by atoms with van der Waals surface area (Å²) in [6, 6.07) is 13.4. The standard InChI is InChI=1S/C19H21N5O2/c1-12-8-9-16(13(2)10-12)20-19(25)15(18-21-23-24-22-18)11-14-6-4-5-7-17(14)26-3/h4-10,15H,11H2,1-3H3,(H2,20,21,22,23,24,25)/p-1/t15-/m1/s1. The second-order valence-corrected chi connectivity index (χ2v) is 6.11. The van der Waals surface area contributed by atoms with Gasteiger partial charge < -0.3 is 15.2 Å². The Kier molecular flexibility index (Phi) is 5.26. The lowest BCUT2D eigenvalue weighted by Crippen LogP contribution is -2.25. The van der Waals surface area contributed by atoms with Gasteiger partial charge in [0.1, 0.15) is 5.75 Å². The van der Waals surface area contributed by atoms with Crippen molar-refractivity contribution in [3.63, 3.8) is 0 Å². The molecule has 0 aliphatic carbocycles. The molecule has 2 aromatic carbocycles. The second kappa shape index (κ2) is 7.77. The van der Waals surface area contributed by atoms with Gasteiger partial charge in [-0.25, -0.2) is 0 Å². The van der Waals surface area contributed by atoms with E-state index in [9.17, 15) is 4.79 Å². The highest BCUT2D eigenvalue weighted by Gasteiger charge is 2.23. The lowest BCUT2D eigenvalue weighted by Gasteiger charge is -2.19. The number of hydrogen-bond acceptors (Lipinski definition) is 5. The van der Waals surface area contributed by atoms with Crippen molar-refractivity contribution >= 4 is 11.6 Å². The van der Waals surface area contributed by atoms with Gasteiger partial charge in [0.15, 0.2) is 0 Å². The topological polar surface area (TPSA) is 91.1 Å². The number of hydrogen-bond donors (Lipinski definition) is 1. The fourth-order valence-corrected chi connectivity index (χ4v) is 2.86. The number of aryl methyl sites for hydroxylation is 2. The quantitative estimate of drug-likeness (QED) is 0.734. The lowest BCUT2D eigenvalue weighted by atomic mass is 9.96. The van der Waals surface area contributed by atoms with Crippen LogP contribution in [0.4, 0.5) is 5.69 Å². The van der Waals surface area contributed by atoms with Gasteiger partial charge in [-0.1, -0.05) is 35.9 Å². The number of para-hydroxylation sites is 1. The summed E-state index contributed by atoms with van der Waals surface area (Å²) in [6.45, 7) is 3.97. The van der Waals surface area contributed by atoms with Gasteiger partial charge in [-0.05, 0) is 43.5 Å². The van der Waals surface area contributed by atoms with E-state index in [1.807, 2.05) is 56.3 Å². The van der Waals surface area contributed by atoms with Crippen LogP contribution in [0.5, 0.6) is 5.75 Å². The molecule has 1 atom stereocenters. The molecule has 1 amide bonds. The Hall–Kier alpha value is -3.22. The summed E-state index contributed by atoms with van der Waals surface area (Å²) >= 11 is 0. The van der Waals surface area contributed by atoms with E-state index in [4.69, 9.17) is 4.74 Å². The molecule has 0 unspecified atom stereocenters. The first-order chi connectivity index (χ1) is 12.6. The molecule has 1 aromatic heterocycles. The van der Waals surface area contributed by atoms with Gasteiger partial charge in [0.25, 0.3) is 0 Å². The van der Waals surface area contributed by atoms with E-state index in [-0.39, 0.29) is 11.7 Å². The van der Waals surface area contributed by atoms with Crippen molar-refractivity contribution in [1.29, 1.82) is 0 Å². The van der Waals surface area contributed by atoms with E-state index in [0.29, 0.717) is 12.2 Å². The molecular weight excluding hydrogens is 330 g/mol. The Morgan fingerprint density at radius 1 is 1.23 bits per heavy atom. The van der Waals surface area contributed by atoms with Crippen molar-refractivity contribution < 1.29 is 9.53 Å². The zero-order chi connectivity index (χ0) is 18.5. The van der Waals surface area contributed by atoms with Gasteiger partial charge in [-0.15, -0.1) is 0 Å². The SMILES string of the molecule is COc1ccccc1C[C@@H](C(=O)Nc1ccc(C)cc1C)c1nnn[n-]1. The average molecular weight is 350 g/mol. The summed E-state index contributed by atoms with van der Waals surface area (Å²) in [5.74, 6) is 0.169. The molecule has 0 spiro atoms. The van der Waals surface area contributed by atoms with Crippen molar-refractivity contribution in [1.82, 2.24) is 20.6 Å². The largest absolute Gasteiger partial charge is 0.496 e. The van der Waals surface area contributed by atoms with Gasteiger partial charge in [-0.3, -0.25) is 15.1 Å². The first-order valence-corrected chi connectivity index (χ1v) is 8.27. The molecule has 134 valence electrons. The molecule has 0 saturated carbocycles. The van der Waals surface area contributed by atoms with E-state index in [0.717, 1.165) is 22.4 Å². The number of amides is 1. The monoisotopic (exact) mass is 350 g/mol. The number of nitrogens with zero attached hydrogens (tertiary/aromatic N) is 4. The Balaban J connectivity index is 1.88. The molecule has 3 aromatic rings. The second-order valence-electron chi connectivity index (χ2n) is 6.11. The number of nitrogens with one attached hydrogen (secondary N) is 1. The highest BCUT2D eigenvalue weighted by molar-refractivity contribution is 5.96. The summed E-state index contributed by atoms with van der Waals surface area (Å²) in [6.07, 6.45) is 0.383. The highest BCUT2D eigenvalue weighted by Crippen LogP contribution is 2.26. The van der Waals surface area contributed by atoms with E-state index in [1.54, 1.807) is 7.11 Å².